The minimum absolute atomic E-state index is 0.0642. The van der Waals surface area contributed by atoms with Gasteiger partial charge in [0.1, 0.15) is 0 Å². The maximum absolute atomic E-state index is 13.1. The third-order valence-corrected chi connectivity index (χ3v) is 5.46. The van der Waals surface area contributed by atoms with E-state index in [0.29, 0.717) is 50.2 Å². The molecule has 2 atom stereocenters. The van der Waals surface area contributed by atoms with Crippen molar-refractivity contribution in [2.75, 3.05) is 19.7 Å². The molecule has 3 aliphatic heterocycles. The third kappa shape index (κ3) is 2.04. The Morgan fingerprint density at radius 3 is 3.00 bits per heavy atom. The number of aromatic nitrogens is 1. The van der Waals surface area contributed by atoms with E-state index in [1.54, 1.807) is 11.0 Å². The highest BCUT2D eigenvalue weighted by Gasteiger charge is 2.61. The molecule has 1 spiro atoms. The first-order chi connectivity index (χ1) is 11.6. The molecule has 128 valence electrons. The van der Waals surface area contributed by atoms with E-state index in [1.165, 1.54) is 6.07 Å². The second kappa shape index (κ2) is 5.44. The van der Waals surface area contributed by atoms with Crippen LogP contribution >= 0.6 is 0 Å². The standard InChI is InChI=1S/C17H21N3O4/c1-2-12-11(4-5-14(21)18-12)16(23)19-8-6-17-13(19)10-15(22)20(17)7-3-9-24-17/h4-5,13H,2-3,6-10H2,1H3,(H,18,21)/t13-,17+/m1/s1. The predicted molar refractivity (Wildman–Crippen MR) is 85.5 cm³/mol. The highest BCUT2D eigenvalue weighted by Crippen LogP contribution is 2.45. The van der Waals surface area contributed by atoms with Crippen LogP contribution < -0.4 is 5.56 Å². The van der Waals surface area contributed by atoms with Crippen LogP contribution in [-0.4, -0.2) is 58.1 Å². The Morgan fingerprint density at radius 2 is 2.21 bits per heavy atom. The predicted octanol–water partition coefficient (Wildman–Crippen LogP) is 0.501. The molecular formula is C17H21N3O4. The highest BCUT2D eigenvalue weighted by molar-refractivity contribution is 5.96. The van der Waals surface area contributed by atoms with Crippen LogP contribution in [0.4, 0.5) is 0 Å². The van der Waals surface area contributed by atoms with Gasteiger partial charge in [-0.15, -0.1) is 0 Å². The second-order valence-electron chi connectivity index (χ2n) is 6.63. The smallest absolute Gasteiger partial charge is 0.256 e. The number of carbonyl (C=O) groups is 2. The fourth-order valence-electron chi connectivity index (χ4n) is 4.34. The van der Waals surface area contributed by atoms with Crippen molar-refractivity contribution in [2.45, 2.75) is 44.4 Å². The van der Waals surface area contributed by atoms with E-state index < -0.39 is 5.72 Å². The Morgan fingerprint density at radius 1 is 1.38 bits per heavy atom. The Kier molecular flexibility index (Phi) is 3.49. The molecule has 0 aliphatic carbocycles. The van der Waals surface area contributed by atoms with Crippen LogP contribution in [0.2, 0.25) is 0 Å². The van der Waals surface area contributed by atoms with Crippen molar-refractivity contribution >= 4 is 11.8 Å². The largest absolute Gasteiger partial charge is 0.353 e. The van der Waals surface area contributed by atoms with E-state index in [0.717, 1.165) is 6.42 Å². The number of H-pyrrole nitrogens is 1. The van der Waals surface area contributed by atoms with Gasteiger partial charge in [-0.3, -0.25) is 14.4 Å². The number of carbonyl (C=O) groups excluding carboxylic acids is 2. The second-order valence-corrected chi connectivity index (χ2v) is 6.63. The molecule has 0 unspecified atom stereocenters. The molecule has 2 amide bonds. The average Bonchev–Trinajstić information content (AvgIpc) is 3.06. The molecule has 7 heteroatoms. The molecule has 4 rings (SSSR count). The fourth-order valence-corrected chi connectivity index (χ4v) is 4.34. The van der Waals surface area contributed by atoms with Crippen LogP contribution in [0.1, 0.15) is 42.2 Å². The van der Waals surface area contributed by atoms with Crippen molar-refractivity contribution in [1.29, 1.82) is 0 Å². The van der Waals surface area contributed by atoms with Crippen LogP contribution in [-0.2, 0) is 16.0 Å². The summed E-state index contributed by atoms with van der Waals surface area (Å²) < 4.78 is 6.03. The first-order valence-corrected chi connectivity index (χ1v) is 8.54. The summed E-state index contributed by atoms with van der Waals surface area (Å²) in [6, 6.07) is 2.72. The summed E-state index contributed by atoms with van der Waals surface area (Å²) in [5.74, 6) is -0.0665. The van der Waals surface area contributed by atoms with Gasteiger partial charge in [-0.25, -0.2) is 0 Å². The molecule has 7 nitrogen and oxygen atoms in total. The normalized spacial score (nSPS) is 28.9. The minimum atomic E-state index is -0.639. The van der Waals surface area contributed by atoms with Gasteiger partial charge in [-0.2, -0.15) is 0 Å². The van der Waals surface area contributed by atoms with Crippen molar-refractivity contribution in [2.24, 2.45) is 0 Å². The summed E-state index contributed by atoms with van der Waals surface area (Å²) >= 11 is 0. The number of ether oxygens (including phenoxy) is 1. The van der Waals surface area contributed by atoms with Crippen LogP contribution in [0, 0.1) is 0 Å². The van der Waals surface area contributed by atoms with Gasteiger partial charge in [0.15, 0.2) is 5.72 Å². The summed E-state index contributed by atoms with van der Waals surface area (Å²) in [7, 11) is 0. The molecular weight excluding hydrogens is 310 g/mol. The summed E-state index contributed by atoms with van der Waals surface area (Å²) in [5, 5.41) is 0. The molecule has 0 saturated carbocycles. The molecule has 3 saturated heterocycles. The quantitative estimate of drug-likeness (QED) is 0.855. The summed E-state index contributed by atoms with van der Waals surface area (Å²) in [6.07, 6.45) is 2.38. The molecule has 24 heavy (non-hydrogen) atoms. The van der Waals surface area contributed by atoms with Crippen molar-refractivity contribution < 1.29 is 14.3 Å². The number of likely N-dealkylation sites (tertiary alicyclic amines) is 1. The van der Waals surface area contributed by atoms with E-state index in [1.807, 2.05) is 11.8 Å². The number of nitrogens with one attached hydrogen (secondary N) is 1. The average molecular weight is 331 g/mol. The number of rotatable bonds is 2. The third-order valence-electron chi connectivity index (χ3n) is 5.46. The molecule has 0 bridgehead atoms. The SMILES string of the molecule is CCc1[nH]c(=O)ccc1C(=O)N1CC[C@@]23OCCCN2C(=O)C[C@@H]13. The van der Waals surface area contributed by atoms with E-state index in [2.05, 4.69) is 4.98 Å². The highest BCUT2D eigenvalue weighted by atomic mass is 16.5. The van der Waals surface area contributed by atoms with Crippen molar-refractivity contribution in [3.63, 3.8) is 0 Å². The molecule has 3 aliphatic rings. The van der Waals surface area contributed by atoms with Gasteiger partial charge in [0.05, 0.1) is 24.6 Å². The molecule has 1 aromatic heterocycles. The molecule has 0 radical (unpaired) electrons. The number of pyridine rings is 1. The van der Waals surface area contributed by atoms with E-state index >= 15 is 0 Å². The number of hydrogen-bond donors (Lipinski definition) is 1. The van der Waals surface area contributed by atoms with Crippen molar-refractivity contribution in [3.05, 3.63) is 33.7 Å². The summed E-state index contributed by atoms with van der Waals surface area (Å²) in [5.41, 5.74) is 0.300. The van der Waals surface area contributed by atoms with Crippen LogP contribution in [0.15, 0.2) is 16.9 Å². The zero-order chi connectivity index (χ0) is 16.9. The molecule has 3 fully saturated rings. The lowest BCUT2D eigenvalue weighted by Gasteiger charge is -2.42. The Bertz CT molecular complexity index is 758. The van der Waals surface area contributed by atoms with Gasteiger partial charge in [0.2, 0.25) is 11.5 Å². The number of nitrogens with zero attached hydrogens (tertiary/aromatic N) is 2. The first kappa shape index (κ1) is 15.4. The summed E-state index contributed by atoms with van der Waals surface area (Å²) in [6.45, 7) is 3.80. The van der Waals surface area contributed by atoms with E-state index in [9.17, 15) is 14.4 Å². The Balaban J connectivity index is 1.68. The number of hydrogen-bond acceptors (Lipinski definition) is 4. The van der Waals surface area contributed by atoms with Crippen LogP contribution in [0.5, 0.6) is 0 Å². The summed E-state index contributed by atoms with van der Waals surface area (Å²) in [4.78, 5) is 43.3. The van der Waals surface area contributed by atoms with Gasteiger partial charge in [-0.1, -0.05) is 6.92 Å². The molecule has 1 N–H and O–H groups in total. The fraction of sp³-hybridized carbons (Fsp3) is 0.588. The van der Waals surface area contributed by atoms with Crippen LogP contribution in [0.25, 0.3) is 0 Å². The Hall–Kier alpha value is -2.15. The number of aromatic amines is 1. The molecule has 1 aromatic rings. The van der Waals surface area contributed by atoms with Gasteiger partial charge < -0.3 is 19.5 Å². The Labute approximate surface area is 139 Å². The molecule has 0 aromatic carbocycles. The van der Waals surface area contributed by atoms with Gasteiger partial charge in [-0.05, 0) is 18.9 Å². The van der Waals surface area contributed by atoms with Gasteiger partial charge in [0.25, 0.3) is 5.91 Å². The lowest BCUT2D eigenvalue weighted by Crippen LogP contribution is -2.56. The van der Waals surface area contributed by atoms with E-state index in [-0.39, 0.29) is 23.4 Å². The minimum Gasteiger partial charge on any atom is -0.353 e. The maximum atomic E-state index is 13.1. The lowest BCUT2D eigenvalue weighted by atomic mass is 10.0. The van der Waals surface area contributed by atoms with Crippen LogP contribution in [0.3, 0.4) is 0 Å². The van der Waals surface area contributed by atoms with E-state index in [4.69, 9.17) is 4.74 Å². The zero-order valence-electron chi connectivity index (χ0n) is 13.7. The first-order valence-electron chi connectivity index (χ1n) is 8.54. The lowest BCUT2D eigenvalue weighted by molar-refractivity contribution is -0.179. The number of amides is 2. The van der Waals surface area contributed by atoms with Gasteiger partial charge >= 0.3 is 0 Å². The maximum Gasteiger partial charge on any atom is 0.256 e. The van der Waals surface area contributed by atoms with Crippen molar-refractivity contribution in [1.82, 2.24) is 14.8 Å². The zero-order valence-corrected chi connectivity index (χ0v) is 13.7. The number of aryl methyl sites for hydroxylation is 1. The molecule has 4 heterocycles. The van der Waals surface area contributed by atoms with Crippen molar-refractivity contribution in [3.8, 4) is 0 Å². The topological polar surface area (TPSA) is 82.7 Å². The van der Waals surface area contributed by atoms with Gasteiger partial charge in [0, 0.05) is 31.3 Å². The monoisotopic (exact) mass is 331 g/mol.